The fourth-order valence-corrected chi connectivity index (χ4v) is 2.07. The highest BCUT2D eigenvalue weighted by Crippen LogP contribution is 2.13. The van der Waals surface area contributed by atoms with Gasteiger partial charge in [-0.2, -0.15) is 0 Å². The minimum atomic E-state index is -0.885. The predicted molar refractivity (Wildman–Crippen MR) is 72.4 cm³/mol. The van der Waals surface area contributed by atoms with E-state index in [4.69, 9.17) is 5.11 Å². The molecule has 0 radical (unpaired) electrons. The number of aliphatic carboxylic acids is 1. The number of rotatable bonds is 6. The maximum Gasteiger partial charge on any atom is 0.305 e. The molecule has 0 aliphatic carbocycles. The molecule has 0 bridgehead atoms. The minimum absolute atomic E-state index is 0.0158. The van der Waals surface area contributed by atoms with Crippen molar-refractivity contribution in [2.75, 3.05) is 13.1 Å². The number of likely N-dealkylation sites (N-methyl/N-ethyl adjacent to an activating group) is 1. The molecule has 1 amide bonds. The maximum absolute atomic E-state index is 12.0. The fourth-order valence-electron chi connectivity index (χ4n) is 1.62. The Labute approximate surface area is 115 Å². The molecular weight excluding hydrogens is 298 g/mol. The fraction of sp³-hybridized carbons (Fsp3) is 0.385. The molecule has 0 aliphatic heterocycles. The zero-order chi connectivity index (χ0) is 13.5. The molecule has 1 aromatic carbocycles. The Morgan fingerprint density at radius 3 is 2.67 bits per heavy atom. The molecule has 0 spiro atoms. The summed E-state index contributed by atoms with van der Waals surface area (Å²) in [5.74, 6) is -0.930. The van der Waals surface area contributed by atoms with Gasteiger partial charge in [-0.1, -0.05) is 28.1 Å². The Bertz CT molecular complexity index is 434. The van der Waals surface area contributed by atoms with Crippen molar-refractivity contribution in [2.45, 2.75) is 19.8 Å². The van der Waals surface area contributed by atoms with Crippen molar-refractivity contribution in [3.8, 4) is 0 Å². The number of carboxylic acid groups (broad SMARTS) is 1. The summed E-state index contributed by atoms with van der Waals surface area (Å²) in [5.41, 5.74) is 0.920. The third-order valence-corrected chi connectivity index (χ3v) is 3.07. The molecule has 1 N–H and O–H groups in total. The van der Waals surface area contributed by atoms with Crippen LogP contribution in [0.25, 0.3) is 0 Å². The second-order valence-corrected chi connectivity index (χ2v) is 4.84. The van der Waals surface area contributed by atoms with Crippen LogP contribution in [0.4, 0.5) is 0 Å². The largest absolute Gasteiger partial charge is 0.481 e. The SMILES string of the molecule is CCN(CCC(=O)O)C(=O)Cc1cccc(Br)c1. The average molecular weight is 314 g/mol. The molecule has 0 aliphatic rings. The summed E-state index contributed by atoms with van der Waals surface area (Å²) in [7, 11) is 0. The van der Waals surface area contributed by atoms with E-state index in [0.29, 0.717) is 13.0 Å². The topological polar surface area (TPSA) is 57.6 Å². The van der Waals surface area contributed by atoms with Gasteiger partial charge in [0.25, 0.3) is 0 Å². The predicted octanol–water partition coefficient (Wildman–Crippen LogP) is 2.31. The molecule has 0 saturated carbocycles. The Hall–Kier alpha value is -1.36. The van der Waals surface area contributed by atoms with E-state index in [9.17, 15) is 9.59 Å². The van der Waals surface area contributed by atoms with Crippen LogP contribution >= 0.6 is 15.9 Å². The van der Waals surface area contributed by atoms with E-state index < -0.39 is 5.97 Å². The van der Waals surface area contributed by atoms with Crippen molar-refractivity contribution in [1.82, 2.24) is 4.90 Å². The van der Waals surface area contributed by atoms with Gasteiger partial charge in [0, 0.05) is 17.6 Å². The lowest BCUT2D eigenvalue weighted by atomic mass is 10.1. The molecule has 0 saturated heterocycles. The Balaban J connectivity index is 2.59. The standard InChI is InChI=1S/C13H16BrNO3/c1-2-15(7-6-13(17)18)12(16)9-10-4-3-5-11(14)8-10/h3-5,8H,2,6-7,9H2,1H3,(H,17,18). The van der Waals surface area contributed by atoms with Gasteiger partial charge in [0.15, 0.2) is 0 Å². The van der Waals surface area contributed by atoms with E-state index >= 15 is 0 Å². The Morgan fingerprint density at radius 1 is 1.39 bits per heavy atom. The van der Waals surface area contributed by atoms with Gasteiger partial charge in [0.05, 0.1) is 12.8 Å². The van der Waals surface area contributed by atoms with Gasteiger partial charge in [0.2, 0.25) is 5.91 Å². The first-order valence-corrected chi connectivity index (χ1v) is 6.56. The first kappa shape index (κ1) is 14.7. The summed E-state index contributed by atoms with van der Waals surface area (Å²) in [5, 5.41) is 8.62. The van der Waals surface area contributed by atoms with E-state index in [1.54, 1.807) is 4.90 Å². The number of carboxylic acids is 1. The third-order valence-electron chi connectivity index (χ3n) is 2.57. The third kappa shape index (κ3) is 4.87. The second kappa shape index (κ2) is 7.16. The van der Waals surface area contributed by atoms with Crippen LogP contribution in [0.1, 0.15) is 18.9 Å². The van der Waals surface area contributed by atoms with Crippen LogP contribution in [0.5, 0.6) is 0 Å². The number of carbonyl (C=O) groups is 2. The highest BCUT2D eigenvalue weighted by Gasteiger charge is 2.13. The summed E-state index contributed by atoms with van der Waals surface area (Å²) in [4.78, 5) is 24.1. The molecule has 0 unspecified atom stereocenters. The molecule has 0 aromatic heterocycles. The first-order valence-electron chi connectivity index (χ1n) is 5.77. The van der Waals surface area contributed by atoms with E-state index in [-0.39, 0.29) is 18.9 Å². The van der Waals surface area contributed by atoms with Gasteiger partial charge in [-0.3, -0.25) is 9.59 Å². The molecule has 4 nitrogen and oxygen atoms in total. The van der Waals surface area contributed by atoms with Crippen LogP contribution in [0, 0.1) is 0 Å². The summed E-state index contributed by atoms with van der Waals surface area (Å²) in [6.45, 7) is 2.64. The number of hydrogen-bond acceptors (Lipinski definition) is 2. The zero-order valence-electron chi connectivity index (χ0n) is 10.2. The van der Waals surface area contributed by atoms with Crippen molar-refractivity contribution >= 4 is 27.8 Å². The normalized spacial score (nSPS) is 10.1. The minimum Gasteiger partial charge on any atom is -0.481 e. The Kier molecular flexibility index (Phi) is 5.85. The van der Waals surface area contributed by atoms with Crippen LogP contribution in [-0.2, 0) is 16.0 Å². The molecule has 1 rings (SSSR count). The van der Waals surface area contributed by atoms with Crippen molar-refractivity contribution in [3.63, 3.8) is 0 Å². The van der Waals surface area contributed by atoms with Gasteiger partial charge >= 0.3 is 5.97 Å². The van der Waals surface area contributed by atoms with Crippen LogP contribution in [0.15, 0.2) is 28.7 Å². The van der Waals surface area contributed by atoms with Crippen molar-refractivity contribution in [1.29, 1.82) is 0 Å². The summed E-state index contributed by atoms with van der Waals surface area (Å²) >= 11 is 3.35. The van der Waals surface area contributed by atoms with Gasteiger partial charge in [-0.25, -0.2) is 0 Å². The number of halogens is 1. The molecule has 98 valence electrons. The van der Waals surface area contributed by atoms with Gasteiger partial charge < -0.3 is 10.0 Å². The molecule has 18 heavy (non-hydrogen) atoms. The van der Waals surface area contributed by atoms with Gasteiger partial charge in [-0.05, 0) is 24.6 Å². The van der Waals surface area contributed by atoms with E-state index in [2.05, 4.69) is 15.9 Å². The number of nitrogens with zero attached hydrogens (tertiary/aromatic N) is 1. The van der Waals surface area contributed by atoms with E-state index in [1.807, 2.05) is 31.2 Å². The molecular formula is C13H16BrNO3. The highest BCUT2D eigenvalue weighted by molar-refractivity contribution is 9.10. The lowest BCUT2D eigenvalue weighted by Gasteiger charge is -2.20. The Morgan fingerprint density at radius 2 is 2.11 bits per heavy atom. The van der Waals surface area contributed by atoms with Crippen molar-refractivity contribution in [3.05, 3.63) is 34.3 Å². The molecule has 0 fully saturated rings. The van der Waals surface area contributed by atoms with Gasteiger partial charge in [-0.15, -0.1) is 0 Å². The number of benzene rings is 1. The first-order chi connectivity index (χ1) is 8.52. The van der Waals surface area contributed by atoms with Crippen LogP contribution < -0.4 is 0 Å². The molecule has 0 heterocycles. The molecule has 0 atom stereocenters. The van der Waals surface area contributed by atoms with Crippen LogP contribution in [-0.4, -0.2) is 35.0 Å². The monoisotopic (exact) mass is 313 g/mol. The maximum atomic E-state index is 12.0. The lowest BCUT2D eigenvalue weighted by Crippen LogP contribution is -2.34. The zero-order valence-corrected chi connectivity index (χ0v) is 11.8. The number of amides is 1. The summed E-state index contributed by atoms with van der Waals surface area (Å²) in [6, 6.07) is 7.55. The van der Waals surface area contributed by atoms with Crippen molar-refractivity contribution < 1.29 is 14.7 Å². The number of hydrogen-bond donors (Lipinski definition) is 1. The van der Waals surface area contributed by atoms with Crippen LogP contribution in [0.2, 0.25) is 0 Å². The lowest BCUT2D eigenvalue weighted by molar-refractivity contribution is -0.138. The second-order valence-electron chi connectivity index (χ2n) is 3.92. The van der Waals surface area contributed by atoms with Crippen LogP contribution in [0.3, 0.4) is 0 Å². The quantitative estimate of drug-likeness (QED) is 0.876. The molecule has 5 heteroatoms. The van der Waals surface area contributed by atoms with Gasteiger partial charge in [0.1, 0.15) is 0 Å². The summed E-state index contributed by atoms with van der Waals surface area (Å²) in [6.07, 6.45) is 0.283. The smallest absolute Gasteiger partial charge is 0.305 e. The van der Waals surface area contributed by atoms with E-state index in [1.165, 1.54) is 0 Å². The average Bonchev–Trinajstić information content (AvgIpc) is 2.29. The van der Waals surface area contributed by atoms with Crippen molar-refractivity contribution in [2.24, 2.45) is 0 Å². The van der Waals surface area contributed by atoms with E-state index in [0.717, 1.165) is 10.0 Å². The summed E-state index contributed by atoms with van der Waals surface area (Å²) < 4.78 is 0.932. The highest BCUT2D eigenvalue weighted by atomic mass is 79.9. The number of carbonyl (C=O) groups excluding carboxylic acids is 1. The molecule has 1 aromatic rings.